The molecule has 0 saturated carbocycles. The average molecular weight is 911 g/mol. The summed E-state index contributed by atoms with van der Waals surface area (Å²) in [7, 11) is 0. The zero-order valence-electron chi connectivity index (χ0n) is 21.3. The van der Waals surface area contributed by atoms with Crippen molar-refractivity contribution < 1.29 is 51.6 Å². The van der Waals surface area contributed by atoms with Crippen molar-refractivity contribution >= 4 is 0 Å². The molecule has 4 aromatic heterocycles. The summed E-state index contributed by atoms with van der Waals surface area (Å²) in [5.74, 6) is 2.08. The Kier molecular flexibility index (Phi) is 14.6. The fourth-order valence-electron chi connectivity index (χ4n) is 2.75. The van der Waals surface area contributed by atoms with Crippen LogP contribution in [-0.2, 0) is 42.1 Å². The van der Waals surface area contributed by atoms with Crippen molar-refractivity contribution in [3.63, 3.8) is 0 Å². The molecule has 4 heterocycles. The van der Waals surface area contributed by atoms with E-state index in [4.69, 9.17) is 22.3 Å². The van der Waals surface area contributed by atoms with Crippen molar-refractivity contribution in [2.24, 2.45) is 0 Å². The summed E-state index contributed by atoms with van der Waals surface area (Å²) in [6, 6.07) is 34.6. The van der Waals surface area contributed by atoms with E-state index < -0.39 is 0 Å². The first-order valence-corrected chi connectivity index (χ1v) is 11.3. The molecule has 2 aromatic carbocycles. The van der Waals surface area contributed by atoms with Gasteiger partial charge in [-0.1, -0.05) is 23.6 Å². The van der Waals surface area contributed by atoms with Crippen molar-refractivity contribution in [3.05, 3.63) is 135 Å². The summed E-state index contributed by atoms with van der Waals surface area (Å²) >= 11 is 0. The van der Waals surface area contributed by atoms with E-state index in [1.165, 1.54) is 34.4 Å². The van der Waals surface area contributed by atoms with E-state index in [-0.39, 0.29) is 42.1 Å². The molecule has 0 spiro atoms. The van der Waals surface area contributed by atoms with Gasteiger partial charge in [0, 0.05) is 66.7 Å². The molecule has 6 aromatic rings. The quantitative estimate of drug-likeness (QED) is 0.187. The van der Waals surface area contributed by atoms with Crippen LogP contribution >= 0.6 is 0 Å². The third kappa shape index (κ3) is 10.9. The molecule has 0 saturated heterocycles. The predicted octanol–water partition coefficient (Wildman–Crippen LogP) is 4.27. The normalized spacial score (nSPS) is 9.00. The second-order valence-electron chi connectivity index (χ2n) is 7.19. The van der Waals surface area contributed by atoms with Crippen LogP contribution in [0.3, 0.4) is 0 Å². The second kappa shape index (κ2) is 18.5. The third-order valence-corrected chi connectivity index (χ3v) is 4.47. The summed E-state index contributed by atoms with van der Waals surface area (Å²) in [5.41, 5.74) is 1.34. The molecule has 0 fully saturated rings. The van der Waals surface area contributed by atoms with Crippen LogP contribution in [-0.4, -0.2) is 39.5 Å². The monoisotopic (exact) mass is 910 g/mol. The Labute approximate surface area is 271 Å². The van der Waals surface area contributed by atoms with Crippen molar-refractivity contribution in [2.75, 3.05) is 0 Å². The van der Waals surface area contributed by atoms with E-state index in [9.17, 15) is 0 Å². The van der Waals surface area contributed by atoms with Crippen LogP contribution in [0.4, 0.5) is 0 Å². The van der Waals surface area contributed by atoms with Gasteiger partial charge in [-0.05, 0) is 12.1 Å². The summed E-state index contributed by atoms with van der Waals surface area (Å²) in [6.07, 6.45) is 21.9. The molecule has 6 rings (SSSR count). The molecule has 0 amide bonds. The number of rotatable bonds is 5. The molecule has 0 atom stereocenters. The van der Waals surface area contributed by atoms with Crippen LogP contribution in [0.25, 0.3) is 11.1 Å². The molecule has 0 aliphatic heterocycles. The molecule has 0 radical (unpaired) electrons. The summed E-state index contributed by atoms with van der Waals surface area (Å²) in [6.45, 7) is 0. The van der Waals surface area contributed by atoms with Crippen molar-refractivity contribution in [2.45, 2.75) is 0 Å². The zero-order valence-corrected chi connectivity index (χ0v) is 25.8. The maximum absolute atomic E-state index is 6.49. The first-order valence-electron chi connectivity index (χ1n) is 11.3. The standard InChI is InChI=1S/C22H12N2O2.2C4H2N3.2Pt/c1-3-13-23-21(11-1)25-19-9-5-7-17(15-19)18-8-6-10-20(16-18)26-22-12-2-4-14-24-22;2*1-2-7-3-5-6-4-7;;/h1-6,9-14H;2*3-4H;;/q-4;2*-1;;. The van der Waals surface area contributed by atoms with Gasteiger partial charge in [-0.2, -0.15) is 12.1 Å². The van der Waals surface area contributed by atoms with Crippen LogP contribution in [0, 0.1) is 49.2 Å². The molecule has 0 unspecified atom stereocenters. The smallest absolute Gasteiger partial charge is 0.215 e. The molecule has 42 heavy (non-hydrogen) atoms. The molecule has 0 aliphatic carbocycles. The largest absolute Gasteiger partial charge is 0.669 e. The van der Waals surface area contributed by atoms with E-state index in [1.807, 2.05) is 36.4 Å². The Balaban J connectivity index is 0.000000317. The minimum atomic E-state index is 0. The number of ether oxygens (including phenoxy) is 2. The minimum Gasteiger partial charge on any atom is -0.669 e. The fraction of sp³-hybridized carbons (Fsp3) is 0. The molecular formula is C30H16N8O2Pt2-6. The number of hydrogen-bond acceptors (Lipinski definition) is 8. The second-order valence-corrected chi connectivity index (χ2v) is 7.19. The summed E-state index contributed by atoms with van der Waals surface area (Å²) < 4.78 is 14.1. The van der Waals surface area contributed by atoms with Gasteiger partial charge in [0.2, 0.25) is 11.8 Å². The van der Waals surface area contributed by atoms with Crippen LogP contribution < -0.4 is 9.47 Å². The first kappa shape index (κ1) is 33.3. The minimum absolute atomic E-state index is 0. The van der Waals surface area contributed by atoms with E-state index >= 15 is 0 Å². The van der Waals surface area contributed by atoms with Gasteiger partial charge in [-0.25, -0.2) is 22.1 Å². The van der Waals surface area contributed by atoms with E-state index in [1.54, 1.807) is 48.8 Å². The van der Waals surface area contributed by atoms with Crippen molar-refractivity contribution in [3.8, 4) is 46.5 Å². The van der Waals surface area contributed by atoms with Gasteiger partial charge in [0.05, 0.1) is 0 Å². The van der Waals surface area contributed by atoms with Gasteiger partial charge in [0.25, 0.3) is 0 Å². The van der Waals surface area contributed by atoms with Gasteiger partial charge in [-0.3, -0.25) is 21.3 Å². The van der Waals surface area contributed by atoms with Crippen LogP contribution in [0.1, 0.15) is 0 Å². The van der Waals surface area contributed by atoms with Gasteiger partial charge < -0.3 is 57.7 Å². The first-order chi connectivity index (χ1) is 19.7. The molecular weight excluding hydrogens is 895 g/mol. The average Bonchev–Trinajstić information content (AvgIpc) is 3.74. The Bertz CT molecular complexity index is 1540. The number of aromatic nitrogens is 8. The van der Waals surface area contributed by atoms with Crippen LogP contribution in [0.2, 0.25) is 0 Å². The third-order valence-electron chi connectivity index (χ3n) is 4.47. The number of hydrogen-bond donors (Lipinski definition) is 0. The summed E-state index contributed by atoms with van der Waals surface area (Å²) in [5, 5.41) is 13.7. The number of nitrogens with zero attached hydrogens (tertiary/aromatic N) is 8. The molecule has 0 N–H and O–H groups in total. The van der Waals surface area contributed by atoms with Crippen molar-refractivity contribution in [1.29, 1.82) is 0 Å². The predicted molar refractivity (Wildman–Crippen MR) is 141 cm³/mol. The SMILES string of the molecule is [C-]#Cn1cnnc1.[C-]#Cn1cnnc1.[Pt].[Pt].[c-]1ccc(Oc2ccccn2)[c-]c1-c1[c-]ccc(Oc2ccccn2)[c-]1. The number of benzene rings is 2. The Hall–Kier alpha value is -4.88. The Morgan fingerprint density at radius 3 is 1.31 bits per heavy atom. The summed E-state index contributed by atoms with van der Waals surface area (Å²) in [4.78, 5) is 8.28. The Morgan fingerprint density at radius 1 is 0.595 bits per heavy atom. The Morgan fingerprint density at radius 2 is 1.00 bits per heavy atom. The van der Waals surface area contributed by atoms with Gasteiger partial charge >= 0.3 is 0 Å². The molecule has 10 nitrogen and oxygen atoms in total. The van der Waals surface area contributed by atoms with Gasteiger partial charge in [-0.15, -0.1) is 20.4 Å². The maximum atomic E-state index is 6.49. The van der Waals surface area contributed by atoms with Gasteiger partial charge in [0.1, 0.15) is 25.3 Å². The fourth-order valence-corrected chi connectivity index (χ4v) is 2.75. The van der Waals surface area contributed by atoms with Crippen LogP contribution in [0.15, 0.2) is 98.4 Å². The van der Waals surface area contributed by atoms with Crippen LogP contribution in [0.5, 0.6) is 23.3 Å². The van der Waals surface area contributed by atoms with E-state index in [0.29, 0.717) is 34.4 Å². The molecule has 12 heteroatoms. The topological polar surface area (TPSA) is 106 Å². The maximum Gasteiger partial charge on any atom is 0.215 e. The van der Waals surface area contributed by atoms with E-state index in [0.717, 1.165) is 0 Å². The number of pyridine rings is 2. The van der Waals surface area contributed by atoms with E-state index in [2.05, 4.69) is 54.6 Å². The molecule has 0 bridgehead atoms. The zero-order chi connectivity index (χ0) is 27.8. The molecule has 214 valence electrons. The van der Waals surface area contributed by atoms with Crippen molar-refractivity contribution in [1.82, 2.24) is 39.5 Å². The van der Waals surface area contributed by atoms with Gasteiger partial charge in [0.15, 0.2) is 0 Å². The molecule has 0 aliphatic rings.